The van der Waals surface area contributed by atoms with Gasteiger partial charge < -0.3 is 14.6 Å². The van der Waals surface area contributed by atoms with E-state index in [1.54, 1.807) is 6.26 Å². The molecule has 1 saturated carbocycles. The predicted molar refractivity (Wildman–Crippen MR) is 108 cm³/mol. The van der Waals surface area contributed by atoms with Gasteiger partial charge in [-0.2, -0.15) is 0 Å². The molecule has 0 atom stereocenters. The molecule has 0 radical (unpaired) electrons. The second-order valence-corrected chi connectivity index (χ2v) is 7.64. The summed E-state index contributed by atoms with van der Waals surface area (Å²) >= 11 is 0. The quantitative estimate of drug-likeness (QED) is 0.841. The Morgan fingerprint density at radius 3 is 2.44 bits per heavy atom. The van der Waals surface area contributed by atoms with Crippen LogP contribution in [0.1, 0.15) is 37.9 Å². The van der Waals surface area contributed by atoms with Gasteiger partial charge in [0.1, 0.15) is 5.76 Å². The maximum atomic E-state index is 12.1. The van der Waals surface area contributed by atoms with Gasteiger partial charge in [-0.15, -0.1) is 0 Å². The Morgan fingerprint density at radius 2 is 1.78 bits per heavy atom. The molecule has 1 aromatic carbocycles. The number of amides is 1. The van der Waals surface area contributed by atoms with Crippen LogP contribution in [0.5, 0.6) is 0 Å². The lowest BCUT2D eigenvalue weighted by Gasteiger charge is -2.39. The number of nitrogens with zero attached hydrogens (tertiary/aromatic N) is 2. The lowest BCUT2D eigenvalue weighted by atomic mass is 10.1. The van der Waals surface area contributed by atoms with Crippen LogP contribution in [0.15, 0.2) is 47.1 Å². The third-order valence-corrected chi connectivity index (χ3v) is 5.85. The topological polar surface area (TPSA) is 48.7 Å². The zero-order valence-corrected chi connectivity index (χ0v) is 15.9. The van der Waals surface area contributed by atoms with Gasteiger partial charge in [0.2, 0.25) is 5.91 Å². The normalized spacial score (nSPS) is 18.7. The summed E-state index contributed by atoms with van der Waals surface area (Å²) in [7, 11) is 0. The number of aryl methyl sites for hydroxylation is 1. The van der Waals surface area contributed by atoms with Crippen LogP contribution >= 0.6 is 0 Å². The van der Waals surface area contributed by atoms with Gasteiger partial charge in [0.15, 0.2) is 0 Å². The first-order valence-corrected chi connectivity index (χ1v) is 10.2. The first-order valence-electron chi connectivity index (χ1n) is 10.2. The van der Waals surface area contributed by atoms with Crippen molar-refractivity contribution < 1.29 is 9.21 Å². The standard InChI is InChI=1S/C22H29N3O2/c26-22(12-11-21-6-3-17-27-21)23-18-7-9-20(10-8-18)25-15-13-24(14-16-25)19-4-1-2-5-19/h3,6-10,17,19H,1-2,4-5,11-16H2,(H,23,26). The molecule has 2 fully saturated rings. The van der Waals surface area contributed by atoms with Gasteiger partial charge >= 0.3 is 0 Å². The van der Waals surface area contributed by atoms with Crippen LogP contribution in [-0.4, -0.2) is 43.0 Å². The van der Waals surface area contributed by atoms with Crippen LogP contribution < -0.4 is 10.2 Å². The number of rotatable bonds is 6. The fourth-order valence-corrected chi connectivity index (χ4v) is 4.29. The van der Waals surface area contributed by atoms with Crippen molar-refractivity contribution in [1.29, 1.82) is 0 Å². The molecule has 1 saturated heterocycles. The first kappa shape index (κ1) is 18.1. The average Bonchev–Trinajstić information content (AvgIpc) is 3.41. The molecule has 27 heavy (non-hydrogen) atoms. The smallest absolute Gasteiger partial charge is 0.224 e. The van der Waals surface area contributed by atoms with Gasteiger partial charge in [-0.3, -0.25) is 9.69 Å². The predicted octanol–water partition coefficient (Wildman–Crippen LogP) is 3.92. The summed E-state index contributed by atoms with van der Waals surface area (Å²) in [5.74, 6) is 0.863. The van der Waals surface area contributed by atoms with E-state index in [1.165, 1.54) is 31.4 Å². The SMILES string of the molecule is O=C(CCc1ccco1)Nc1ccc(N2CCN(C3CCCC3)CC2)cc1. The molecule has 0 spiro atoms. The van der Waals surface area contributed by atoms with Crippen molar-refractivity contribution >= 4 is 17.3 Å². The van der Waals surface area contributed by atoms with E-state index in [1.807, 2.05) is 24.3 Å². The highest BCUT2D eigenvalue weighted by Gasteiger charge is 2.26. The van der Waals surface area contributed by atoms with Crippen molar-refractivity contribution in [2.45, 2.75) is 44.6 Å². The van der Waals surface area contributed by atoms with Gasteiger partial charge in [-0.05, 0) is 49.2 Å². The first-order chi connectivity index (χ1) is 13.3. The molecule has 5 heteroatoms. The molecular formula is C22H29N3O2. The monoisotopic (exact) mass is 367 g/mol. The molecule has 2 aliphatic rings. The van der Waals surface area contributed by atoms with E-state index in [9.17, 15) is 4.79 Å². The molecular weight excluding hydrogens is 338 g/mol. The summed E-state index contributed by atoms with van der Waals surface area (Å²) in [5.41, 5.74) is 2.10. The number of piperazine rings is 1. The maximum Gasteiger partial charge on any atom is 0.224 e. The number of anilines is 2. The third-order valence-electron chi connectivity index (χ3n) is 5.85. The number of nitrogens with one attached hydrogen (secondary N) is 1. The van der Waals surface area contributed by atoms with E-state index >= 15 is 0 Å². The van der Waals surface area contributed by atoms with Crippen molar-refractivity contribution in [2.24, 2.45) is 0 Å². The Balaban J connectivity index is 1.24. The minimum absolute atomic E-state index is 0.0179. The van der Waals surface area contributed by atoms with Crippen molar-refractivity contribution in [3.63, 3.8) is 0 Å². The summed E-state index contributed by atoms with van der Waals surface area (Å²) < 4.78 is 5.27. The maximum absolute atomic E-state index is 12.1. The van der Waals surface area contributed by atoms with Gasteiger partial charge in [-0.25, -0.2) is 0 Å². The van der Waals surface area contributed by atoms with Gasteiger partial charge in [0.05, 0.1) is 6.26 Å². The lowest BCUT2D eigenvalue weighted by molar-refractivity contribution is -0.116. The molecule has 2 heterocycles. The number of hydrogen-bond acceptors (Lipinski definition) is 4. The minimum Gasteiger partial charge on any atom is -0.469 e. The number of carbonyl (C=O) groups is 1. The molecule has 1 amide bonds. The van der Waals surface area contributed by atoms with Crippen molar-refractivity contribution in [2.75, 3.05) is 36.4 Å². The van der Waals surface area contributed by atoms with Crippen LogP contribution in [0.2, 0.25) is 0 Å². The highest BCUT2D eigenvalue weighted by molar-refractivity contribution is 5.91. The zero-order valence-electron chi connectivity index (χ0n) is 15.9. The molecule has 4 rings (SSSR count). The Labute approximate surface area is 161 Å². The van der Waals surface area contributed by atoms with Gasteiger partial charge in [-0.1, -0.05) is 12.8 Å². The Bertz CT molecular complexity index is 713. The fraction of sp³-hybridized carbons (Fsp3) is 0.500. The van der Waals surface area contributed by atoms with E-state index in [0.29, 0.717) is 12.8 Å². The second-order valence-electron chi connectivity index (χ2n) is 7.64. The van der Waals surface area contributed by atoms with Crippen molar-refractivity contribution in [1.82, 2.24) is 4.90 Å². The summed E-state index contributed by atoms with van der Waals surface area (Å²) in [6.45, 7) is 4.50. The second kappa shape index (κ2) is 8.61. The van der Waals surface area contributed by atoms with Crippen LogP contribution in [0.25, 0.3) is 0 Å². The minimum atomic E-state index is 0.0179. The summed E-state index contributed by atoms with van der Waals surface area (Å²) in [6.07, 6.45) is 8.27. The molecule has 0 bridgehead atoms. The molecule has 144 valence electrons. The fourth-order valence-electron chi connectivity index (χ4n) is 4.29. The van der Waals surface area contributed by atoms with Crippen LogP contribution in [0.3, 0.4) is 0 Å². The molecule has 1 aliphatic carbocycles. The molecule has 1 N–H and O–H groups in total. The largest absolute Gasteiger partial charge is 0.469 e. The van der Waals surface area contributed by atoms with Crippen LogP contribution in [0, 0.1) is 0 Å². The molecule has 1 aliphatic heterocycles. The summed E-state index contributed by atoms with van der Waals surface area (Å²) in [6, 6.07) is 12.8. The summed E-state index contributed by atoms with van der Waals surface area (Å²) in [4.78, 5) is 17.2. The van der Waals surface area contributed by atoms with Crippen LogP contribution in [-0.2, 0) is 11.2 Å². The van der Waals surface area contributed by atoms with E-state index < -0.39 is 0 Å². The highest BCUT2D eigenvalue weighted by atomic mass is 16.3. The van der Waals surface area contributed by atoms with Crippen LogP contribution in [0.4, 0.5) is 11.4 Å². The number of furan rings is 1. The molecule has 2 aromatic rings. The van der Waals surface area contributed by atoms with Gasteiger partial charge in [0.25, 0.3) is 0 Å². The van der Waals surface area contributed by atoms with Crippen molar-refractivity contribution in [3.05, 3.63) is 48.4 Å². The average molecular weight is 367 g/mol. The molecule has 5 nitrogen and oxygen atoms in total. The zero-order chi connectivity index (χ0) is 18.5. The number of carbonyl (C=O) groups excluding carboxylic acids is 1. The molecule has 1 aromatic heterocycles. The van der Waals surface area contributed by atoms with Crippen molar-refractivity contribution in [3.8, 4) is 0 Å². The lowest BCUT2D eigenvalue weighted by Crippen LogP contribution is -2.49. The van der Waals surface area contributed by atoms with E-state index in [0.717, 1.165) is 43.7 Å². The number of hydrogen-bond donors (Lipinski definition) is 1. The third kappa shape index (κ3) is 4.72. The van der Waals surface area contributed by atoms with E-state index in [2.05, 4.69) is 27.2 Å². The van der Waals surface area contributed by atoms with E-state index in [-0.39, 0.29) is 5.91 Å². The highest BCUT2D eigenvalue weighted by Crippen LogP contribution is 2.26. The Hall–Kier alpha value is -2.27. The molecule has 0 unspecified atom stereocenters. The number of benzene rings is 1. The Kier molecular flexibility index (Phi) is 5.78. The Morgan fingerprint density at radius 1 is 1.04 bits per heavy atom. The van der Waals surface area contributed by atoms with Gasteiger partial charge in [0, 0.05) is 56.4 Å². The van der Waals surface area contributed by atoms with E-state index in [4.69, 9.17) is 4.42 Å². The summed E-state index contributed by atoms with van der Waals surface area (Å²) in [5, 5.41) is 2.97.